The monoisotopic (exact) mass is 393 g/mol. The van der Waals surface area contributed by atoms with Gasteiger partial charge in [-0.2, -0.15) is 0 Å². The largest absolute Gasteiger partial charge is 0.468 e. The fourth-order valence-electron chi connectivity index (χ4n) is 2.10. The molecule has 2 aromatic heterocycles. The number of anilines is 1. The van der Waals surface area contributed by atoms with Crippen molar-refractivity contribution in [1.29, 1.82) is 0 Å². The summed E-state index contributed by atoms with van der Waals surface area (Å²) in [5, 5.41) is 0. The molecule has 0 aliphatic carbocycles. The minimum absolute atomic E-state index is 0.00204. The van der Waals surface area contributed by atoms with Crippen molar-refractivity contribution in [3.05, 3.63) is 72.9 Å². The van der Waals surface area contributed by atoms with Crippen molar-refractivity contribution in [2.45, 2.75) is 16.3 Å². The van der Waals surface area contributed by atoms with E-state index < -0.39 is 20.0 Å². The molecule has 0 fully saturated rings. The highest BCUT2D eigenvalue weighted by Gasteiger charge is 2.18. The summed E-state index contributed by atoms with van der Waals surface area (Å²) >= 11 is 0. The van der Waals surface area contributed by atoms with Crippen LogP contribution in [0.25, 0.3) is 0 Å². The molecule has 0 spiro atoms. The van der Waals surface area contributed by atoms with Gasteiger partial charge in [-0.15, -0.1) is 0 Å². The van der Waals surface area contributed by atoms with Gasteiger partial charge >= 0.3 is 0 Å². The Labute approximate surface area is 151 Å². The summed E-state index contributed by atoms with van der Waals surface area (Å²) in [5.41, 5.74) is 0.310. The zero-order valence-corrected chi connectivity index (χ0v) is 15.0. The zero-order chi connectivity index (χ0) is 18.6. The van der Waals surface area contributed by atoms with E-state index in [1.54, 1.807) is 24.3 Å². The second-order valence-corrected chi connectivity index (χ2v) is 8.67. The van der Waals surface area contributed by atoms with Crippen LogP contribution in [-0.4, -0.2) is 21.8 Å². The van der Waals surface area contributed by atoms with Crippen LogP contribution >= 0.6 is 0 Å². The van der Waals surface area contributed by atoms with Gasteiger partial charge in [0.05, 0.1) is 34.5 Å². The standard InChI is InChI=1S/C16H15N3O5S2/c20-25(21,18-12-14-4-2-10-24-14)15-5-7-16(8-6-15)26(22,23)19-13-3-1-9-17-11-13/h1-11,18-19H,12H2. The van der Waals surface area contributed by atoms with Gasteiger partial charge < -0.3 is 4.42 Å². The third kappa shape index (κ3) is 4.28. The van der Waals surface area contributed by atoms with Gasteiger partial charge in [0, 0.05) is 6.20 Å². The quantitative estimate of drug-likeness (QED) is 0.633. The number of furan rings is 1. The molecule has 2 N–H and O–H groups in total. The maximum atomic E-state index is 12.3. The summed E-state index contributed by atoms with van der Waals surface area (Å²) in [4.78, 5) is 3.71. The second kappa shape index (κ2) is 7.28. The first kappa shape index (κ1) is 18.1. The van der Waals surface area contributed by atoms with Crippen LogP contribution in [0.3, 0.4) is 0 Å². The van der Waals surface area contributed by atoms with Crippen LogP contribution in [0.1, 0.15) is 5.76 Å². The van der Waals surface area contributed by atoms with Crippen LogP contribution in [-0.2, 0) is 26.6 Å². The highest BCUT2D eigenvalue weighted by Crippen LogP contribution is 2.18. The van der Waals surface area contributed by atoms with Crippen LogP contribution < -0.4 is 9.44 Å². The third-order valence-electron chi connectivity index (χ3n) is 3.37. The first-order chi connectivity index (χ1) is 12.4. The van der Waals surface area contributed by atoms with Crippen molar-refractivity contribution in [1.82, 2.24) is 9.71 Å². The van der Waals surface area contributed by atoms with Gasteiger partial charge in [0.25, 0.3) is 10.0 Å². The number of pyridine rings is 1. The summed E-state index contributed by atoms with van der Waals surface area (Å²) < 4.78 is 59.0. The number of hydrogen-bond donors (Lipinski definition) is 2. The second-order valence-electron chi connectivity index (χ2n) is 5.22. The zero-order valence-electron chi connectivity index (χ0n) is 13.4. The molecular formula is C16H15N3O5S2. The van der Waals surface area contributed by atoms with E-state index in [4.69, 9.17) is 4.42 Å². The number of nitrogens with one attached hydrogen (secondary N) is 2. The van der Waals surface area contributed by atoms with Crippen molar-refractivity contribution >= 4 is 25.7 Å². The Kier molecular flexibility index (Phi) is 5.07. The average molecular weight is 393 g/mol. The fourth-order valence-corrected chi connectivity index (χ4v) is 4.13. The van der Waals surface area contributed by atoms with Crippen LogP contribution in [0.15, 0.2) is 81.4 Å². The maximum absolute atomic E-state index is 12.3. The van der Waals surface area contributed by atoms with Gasteiger partial charge in [-0.05, 0) is 48.5 Å². The molecule has 10 heteroatoms. The number of benzene rings is 1. The molecule has 0 saturated carbocycles. The van der Waals surface area contributed by atoms with Crippen molar-refractivity contribution in [3.63, 3.8) is 0 Å². The molecule has 0 saturated heterocycles. The van der Waals surface area contributed by atoms with Crippen LogP contribution in [0.4, 0.5) is 5.69 Å². The van der Waals surface area contributed by atoms with Gasteiger partial charge in [-0.25, -0.2) is 21.6 Å². The Morgan fingerprint density at radius 1 is 0.885 bits per heavy atom. The lowest BCUT2D eigenvalue weighted by Crippen LogP contribution is -2.23. The lowest BCUT2D eigenvalue weighted by atomic mass is 10.4. The van der Waals surface area contributed by atoms with Gasteiger partial charge in [0.2, 0.25) is 10.0 Å². The average Bonchev–Trinajstić information content (AvgIpc) is 3.14. The lowest BCUT2D eigenvalue weighted by molar-refractivity contribution is 0.498. The van der Waals surface area contributed by atoms with Crippen molar-refractivity contribution < 1.29 is 21.3 Å². The first-order valence-electron chi connectivity index (χ1n) is 7.42. The van der Waals surface area contributed by atoms with Gasteiger partial charge in [-0.1, -0.05) is 0 Å². The summed E-state index contributed by atoms with van der Waals surface area (Å²) in [6.07, 6.45) is 4.33. The molecule has 3 aromatic rings. The molecule has 0 atom stereocenters. The number of aromatic nitrogens is 1. The predicted molar refractivity (Wildman–Crippen MR) is 94.2 cm³/mol. The Bertz CT molecular complexity index is 1060. The van der Waals surface area contributed by atoms with E-state index >= 15 is 0 Å². The highest BCUT2D eigenvalue weighted by atomic mass is 32.2. The maximum Gasteiger partial charge on any atom is 0.261 e. The Balaban J connectivity index is 1.75. The molecule has 8 nitrogen and oxygen atoms in total. The van der Waals surface area contributed by atoms with Gasteiger partial charge in [0.1, 0.15) is 5.76 Å². The number of sulfonamides is 2. The molecule has 0 bridgehead atoms. The minimum atomic E-state index is -3.84. The molecule has 136 valence electrons. The smallest absolute Gasteiger partial charge is 0.261 e. The van der Waals surface area contributed by atoms with E-state index in [1.165, 1.54) is 42.9 Å². The predicted octanol–water partition coefficient (Wildman–Crippen LogP) is 1.95. The van der Waals surface area contributed by atoms with Crippen molar-refractivity contribution in [2.75, 3.05) is 4.72 Å². The molecule has 0 aliphatic rings. The van der Waals surface area contributed by atoms with Crippen molar-refractivity contribution in [3.8, 4) is 0 Å². The number of hydrogen-bond acceptors (Lipinski definition) is 6. The van der Waals surface area contributed by atoms with E-state index in [0.717, 1.165) is 0 Å². The van der Waals surface area contributed by atoms with E-state index in [0.29, 0.717) is 11.4 Å². The Hall–Kier alpha value is -2.69. The summed E-state index contributed by atoms with van der Waals surface area (Å²) in [7, 11) is -7.64. The topological polar surface area (TPSA) is 118 Å². The van der Waals surface area contributed by atoms with Crippen LogP contribution in [0, 0.1) is 0 Å². The molecule has 1 aromatic carbocycles. The molecule has 3 rings (SSSR count). The highest BCUT2D eigenvalue weighted by molar-refractivity contribution is 7.92. The molecule has 0 amide bonds. The normalized spacial score (nSPS) is 12.0. The lowest BCUT2D eigenvalue weighted by Gasteiger charge is -2.09. The molecule has 2 heterocycles. The third-order valence-corrected chi connectivity index (χ3v) is 6.19. The summed E-state index contributed by atoms with van der Waals surface area (Å²) in [5.74, 6) is 0.466. The van der Waals surface area contributed by atoms with Crippen LogP contribution in [0.2, 0.25) is 0 Å². The summed E-state index contributed by atoms with van der Waals surface area (Å²) in [6.45, 7) is -0.00204. The SMILES string of the molecule is O=S(=O)(NCc1ccco1)c1ccc(S(=O)(=O)Nc2cccnc2)cc1. The number of rotatable bonds is 7. The van der Waals surface area contributed by atoms with Crippen molar-refractivity contribution in [2.24, 2.45) is 0 Å². The Morgan fingerprint density at radius 3 is 2.15 bits per heavy atom. The molecule has 0 radical (unpaired) electrons. The molecule has 26 heavy (non-hydrogen) atoms. The van der Waals surface area contributed by atoms with Crippen LogP contribution in [0.5, 0.6) is 0 Å². The number of nitrogens with zero attached hydrogens (tertiary/aromatic N) is 1. The van der Waals surface area contributed by atoms with Gasteiger partial charge in [0.15, 0.2) is 0 Å². The summed E-state index contributed by atoms with van der Waals surface area (Å²) in [6, 6.07) is 11.3. The van der Waals surface area contributed by atoms with E-state index in [9.17, 15) is 16.8 Å². The minimum Gasteiger partial charge on any atom is -0.468 e. The fraction of sp³-hybridized carbons (Fsp3) is 0.0625. The molecule has 0 aliphatic heterocycles. The van der Waals surface area contributed by atoms with Gasteiger partial charge in [-0.3, -0.25) is 9.71 Å². The first-order valence-corrected chi connectivity index (χ1v) is 10.4. The molecule has 0 unspecified atom stereocenters. The van der Waals surface area contributed by atoms with E-state index in [1.807, 2.05) is 0 Å². The molecular weight excluding hydrogens is 378 g/mol. The Morgan fingerprint density at radius 2 is 1.58 bits per heavy atom. The van der Waals surface area contributed by atoms with E-state index in [2.05, 4.69) is 14.4 Å². The van der Waals surface area contributed by atoms with E-state index in [-0.39, 0.29) is 16.3 Å².